The summed E-state index contributed by atoms with van der Waals surface area (Å²) in [5.41, 5.74) is 2.54. The molecule has 1 aromatic carbocycles. The molecule has 0 aliphatic carbocycles. The fourth-order valence-corrected chi connectivity index (χ4v) is 1.25. The maximum Gasteiger partial charge on any atom is 0.265 e. The molecule has 0 fully saturated rings. The van der Waals surface area contributed by atoms with Gasteiger partial charge in [-0.1, -0.05) is 6.07 Å². The zero-order valence-corrected chi connectivity index (χ0v) is 10.1. The third-order valence-corrected chi connectivity index (χ3v) is 2.03. The van der Waals surface area contributed by atoms with Gasteiger partial charge in [-0.2, -0.15) is 0 Å². The Morgan fingerprint density at radius 3 is 2.82 bits per heavy atom. The quantitative estimate of drug-likeness (QED) is 0.337. The maximum atomic E-state index is 11.3. The maximum absolute atomic E-state index is 11.3. The molecular formula is C12H18N2O3. The zero-order valence-electron chi connectivity index (χ0n) is 10.1. The third-order valence-electron chi connectivity index (χ3n) is 2.03. The molecule has 1 aromatic rings. The van der Waals surface area contributed by atoms with Crippen molar-refractivity contribution in [1.29, 1.82) is 0 Å². The molecule has 0 saturated heterocycles. The van der Waals surface area contributed by atoms with Crippen LogP contribution >= 0.6 is 0 Å². The molecule has 0 saturated carbocycles. The topological polar surface area (TPSA) is 73.6 Å². The number of hydrogen-bond acceptors (Lipinski definition) is 4. The smallest absolute Gasteiger partial charge is 0.265 e. The summed E-state index contributed by atoms with van der Waals surface area (Å²) in [4.78, 5) is 11.3. The lowest BCUT2D eigenvalue weighted by atomic mass is 10.2. The second-order valence-electron chi connectivity index (χ2n) is 3.77. The molecule has 0 unspecified atom stereocenters. The Bertz CT molecular complexity index is 367. The van der Waals surface area contributed by atoms with Crippen LogP contribution in [0.2, 0.25) is 0 Å². The van der Waals surface area contributed by atoms with Gasteiger partial charge in [-0.15, -0.1) is 0 Å². The van der Waals surface area contributed by atoms with E-state index >= 15 is 0 Å². The van der Waals surface area contributed by atoms with E-state index in [9.17, 15) is 4.79 Å². The number of ether oxygens (including phenoxy) is 2. The zero-order chi connectivity index (χ0) is 12.7. The van der Waals surface area contributed by atoms with E-state index in [4.69, 9.17) is 15.3 Å². The summed E-state index contributed by atoms with van der Waals surface area (Å²) in [7, 11) is 0. The highest BCUT2D eigenvalue weighted by atomic mass is 16.5. The van der Waals surface area contributed by atoms with Crippen molar-refractivity contribution in [2.24, 2.45) is 5.84 Å². The normalized spacial score (nSPS) is 10.4. The van der Waals surface area contributed by atoms with Gasteiger partial charge in [0.15, 0.2) is 0 Å². The first-order valence-corrected chi connectivity index (χ1v) is 5.49. The third kappa shape index (κ3) is 4.84. The molecule has 1 amide bonds. The highest BCUT2D eigenvalue weighted by Crippen LogP contribution is 2.13. The van der Waals surface area contributed by atoms with Crippen LogP contribution < -0.4 is 16.0 Å². The van der Waals surface area contributed by atoms with Gasteiger partial charge in [0, 0.05) is 5.56 Å². The van der Waals surface area contributed by atoms with Gasteiger partial charge in [0.25, 0.3) is 5.91 Å². The highest BCUT2D eigenvalue weighted by Gasteiger charge is 2.04. The van der Waals surface area contributed by atoms with Crippen molar-refractivity contribution in [2.75, 3.05) is 13.2 Å². The molecule has 5 heteroatoms. The van der Waals surface area contributed by atoms with Gasteiger partial charge >= 0.3 is 0 Å². The van der Waals surface area contributed by atoms with E-state index in [1.54, 1.807) is 24.3 Å². The Kier molecular flexibility index (Phi) is 5.45. The summed E-state index contributed by atoms with van der Waals surface area (Å²) < 4.78 is 10.8. The van der Waals surface area contributed by atoms with Crippen molar-refractivity contribution in [3.63, 3.8) is 0 Å². The number of benzene rings is 1. The summed E-state index contributed by atoms with van der Waals surface area (Å²) in [6, 6.07) is 6.82. The Morgan fingerprint density at radius 1 is 1.41 bits per heavy atom. The number of carbonyl (C=O) groups is 1. The van der Waals surface area contributed by atoms with Crippen LogP contribution in [0.3, 0.4) is 0 Å². The van der Waals surface area contributed by atoms with Gasteiger partial charge in [-0.05, 0) is 32.0 Å². The van der Waals surface area contributed by atoms with E-state index in [0.717, 1.165) is 0 Å². The molecule has 0 spiro atoms. The molecule has 0 aliphatic heterocycles. The lowest BCUT2D eigenvalue weighted by molar-refractivity contribution is 0.0552. The molecule has 5 nitrogen and oxygen atoms in total. The molecule has 0 heterocycles. The largest absolute Gasteiger partial charge is 0.491 e. The molecule has 17 heavy (non-hydrogen) atoms. The Balaban J connectivity index is 2.46. The summed E-state index contributed by atoms with van der Waals surface area (Å²) in [5.74, 6) is 5.33. The second kappa shape index (κ2) is 6.88. The number of amides is 1. The minimum Gasteiger partial charge on any atom is -0.491 e. The Morgan fingerprint density at radius 2 is 2.18 bits per heavy atom. The summed E-state index contributed by atoms with van der Waals surface area (Å²) in [6.07, 6.45) is 0.188. The summed E-state index contributed by atoms with van der Waals surface area (Å²) >= 11 is 0. The monoisotopic (exact) mass is 238 g/mol. The van der Waals surface area contributed by atoms with Crippen molar-refractivity contribution in [3.05, 3.63) is 29.8 Å². The molecule has 0 bridgehead atoms. The number of hydrogen-bond donors (Lipinski definition) is 2. The van der Waals surface area contributed by atoms with Crippen LogP contribution in [-0.2, 0) is 4.74 Å². The van der Waals surface area contributed by atoms with Crippen LogP contribution in [0.15, 0.2) is 24.3 Å². The summed E-state index contributed by atoms with van der Waals surface area (Å²) in [5, 5.41) is 0. The van der Waals surface area contributed by atoms with Crippen molar-refractivity contribution in [2.45, 2.75) is 20.0 Å². The van der Waals surface area contributed by atoms with E-state index < -0.39 is 0 Å². The average Bonchev–Trinajstić information content (AvgIpc) is 2.34. The van der Waals surface area contributed by atoms with Crippen molar-refractivity contribution in [1.82, 2.24) is 5.43 Å². The van der Waals surface area contributed by atoms with Gasteiger partial charge in [0.1, 0.15) is 12.4 Å². The number of nitrogens with one attached hydrogen (secondary N) is 1. The van der Waals surface area contributed by atoms with Gasteiger partial charge in [-0.25, -0.2) is 5.84 Å². The fraction of sp³-hybridized carbons (Fsp3) is 0.417. The van der Waals surface area contributed by atoms with Crippen LogP contribution in [0.1, 0.15) is 24.2 Å². The fourth-order valence-electron chi connectivity index (χ4n) is 1.25. The number of nitrogen functional groups attached to an aromatic ring is 1. The number of nitrogens with two attached hydrogens (primary N) is 1. The van der Waals surface area contributed by atoms with E-state index in [1.807, 2.05) is 13.8 Å². The minimum absolute atomic E-state index is 0.188. The van der Waals surface area contributed by atoms with Crippen molar-refractivity contribution >= 4 is 5.91 Å². The lowest BCUT2D eigenvalue weighted by Crippen LogP contribution is -2.29. The van der Waals surface area contributed by atoms with Crippen LogP contribution in [-0.4, -0.2) is 25.2 Å². The number of carbonyl (C=O) groups excluding carboxylic acids is 1. The summed E-state index contributed by atoms with van der Waals surface area (Å²) in [6.45, 7) is 4.90. The Labute approximate surface area is 101 Å². The molecule has 94 valence electrons. The SMILES string of the molecule is CC(C)OCCOc1cccc(C(=O)NN)c1. The van der Waals surface area contributed by atoms with E-state index in [1.165, 1.54) is 0 Å². The average molecular weight is 238 g/mol. The lowest BCUT2D eigenvalue weighted by Gasteiger charge is -2.09. The van der Waals surface area contributed by atoms with Gasteiger partial charge in [0.2, 0.25) is 0 Å². The molecule has 0 atom stereocenters. The van der Waals surface area contributed by atoms with E-state index in [0.29, 0.717) is 24.5 Å². The van der Waals surface area contributed by atoms with Crippen LogP contribution in [0.5, 0.6) is 5.75 Å². The van der Waals surface area contributed by atoms with Crippen molar-refractivity contribution in [3.8, 4) is 5.75 Å². The van der Waals surface area contributed by atoms with Gasteiger partial charge < -0.3 is 9.47 Å². The molecule has 1 rings (SSSR count). The van der Waals surface area contributed by atoms with Crippen LogP contribution in [0, 0.1) is 0 Å². The molecule has 0 aliphatic rings. The molecule has 0 aromatic heterocycles. The number of hydrazine groups is 1. The first-order valence-electron chi connectivity index (χ1n) is 5.49. The molecule has 0 radical (unpaired) electrons. The van der Waals surface area contributed by atoms with E-state index in [-0.39, 0.29) is 12.0 Å². The highest BCUT2D eigenvalue weighted by molar-refractivity contribution is 5.94. The van der Waals surface area contributed by atoms with E-state index in [2.05, 4.69) is 5.43 Å². The first-order chi connectivity index (χ1) is 8.13. The minimum atomic E-state index is -0.339. The van der Waals surface area contributed by atoms with Crippen LogP contribution in [0.25, 0.3) is 0 Å². The Hall–Kier alpha value is -1.59. The first kappa shape index (κ1) is 13.5. The standard InChI is InChI=1S/C12H18N2O3/c1-9(2)16-6-7-17-11-5-3-4-10(8-11)12(15)14-13/h3-5,8-9H,6-7,13H2,1-2H3,(H,14,15). The predicted molar refractivity (Wildman–Crippen MR) is 64.7 cm³/mol. The van der Waals surface area contributed by atoms with Gasteiger partial charge in [-0.3, -0.25) is 10.2 Å². The molecular weight excluding hydrogens is 220 g/mol. The molecule has 3 N–H and O–H groups in total. The second-order valence-corrected chi connectivity index (χ2v) is 3.77. The van der Waals surface area contributed by atoms with Crippen molar-refractivity contribution < 1.29 is 14.3 Å². The van der Waals surface area contributed by atoms with Gasteiger partial charge in [0.05, 0.1) is 12.7 Å². The number of rotatable bonds is 6. The van der Waals surface area contributed by atoms with Crippen LogP contribution in [0.4, 0.5) is 0 Å². The predicted octanol–water partition coefficient (Wildman–Crippen LogP) is 1.09.